The van der Waals surface area contributed by atoms with Crippen LogP contribution in [0.25, 0.3) is 0 Å². The van der Waals surface area contributed by atoms with Crippen molar-refractivity contribution in [2.24, 2.45) is 10.5 Å². The lowest BCUT2D eigenvalue weighted by molar-refractivity contribution is -0.393. The van der Waals surface area contributed by atoms with Crippen LogP contribution in [0.3, 0.4) is 0 Å². The third kappa shape index (κ3) is 6.73. The summed E-state index contributed by atoms with van der Waals surface area (Å²) in [5, 5.41) is 26.1. The first kappa shape index (κ1) is 24.7. The van der Waals surface area contributed by atoms with E-state index >= 15 is 0 Å². The Hall–Kier alpha value is -3.55. The van der Waals surface area contributed by atoms with Gasteiger partial charge in [-0.1, -0.05) is 49.3 Å². The maximum Gasteiger partial charge on any atom is 0.301 e. The van der Waals surface area contributed by atoms with Gasteiger partial charge in [0.25, 0.3) is 5.69 Å². The summed E-state index contributed by atoms with van der Waals surface area (Å²) < 4.78 is 0. The molecule has 1 aliphatic carbocycles. The number of benzene rings is 1. The summed E-state index contributed by atoms with van der Waals surface area (Å²) in [5.74, 6) is 0. The molecule has 0 aliphatic heterocycles. The lowest BCUT2D eigenvalue weighted by Gasteiger charge is -2.32. The summed E-state index contributed by atoms with van der Waals surface area (Å²) >= 11 is 0. The van der Waals surface area contributed by atoms with Crippen molar-refractivity contribution in [3.63, 3.8) is 0 Å². The van der Waals surface area contributed by atoms with Crippen LogP contribution in [0.4, 0.5) is 17.1 Å². The summed E-state index contributed by atoms with van der Waals surface area (Å²) in [5.41, 5.74) is 6.69. The first-order chi connectivity index (χ1) is 15.0. The molecular weight excluding hydrogens is 408 g/mol. The Kier molecular flexibility index (Phi) is 8.23. The van der Waals surface area contributed by atoms with E-state index in [2.05, 4.69) is 43.5 Å². The molecule has 0 heterocycles. The molecular formula is C24H30N4O4. The van der Waals surface area contributed by atoms with Crippen molar-refractivity contribution in [2.75, 3.05) is 5.43 Å². The Morgan fingerprint density at radius 2 is 1.88 bits per heavy atom. The lowest BCUT2D eigenvalue weighted by atomic mass is 9.72. The van der Waals surface area contributed by atoms with Crippen LogP contribution >= 0.6 is 0 Å². The number of nitro benzene ring substituents is 2. The summed E-state index contributed by atoms with van der Waals surface area (Å²) in [6, 6.07) is 3.38. The van der Waals surface area contributed by atoms with E-state index in [0.29, 0.717) is 5.71 Å². The highest BCUT2D eigenvalue weighted by Crippen LogP contribution is 2.40. The Balaban J connectivity index is 2.07. The molecule has 0 bridgehead atoms. The minimum Gasteiger partial charge on any atom is -0.271 e. The van der Waals surface area contributed by atoms with Gasteiger partial charge in [0.1, 0.15) is 5.69 Å². The maximum absolute atomic E-state index is 11.2. The number of non-ortho nitro benzene ring substituents is 1. The Bertz CT molecular complexity index is 1050. The van der Waals surface area contributed by atoms with Gasteiger partial charge in [0.2, 0.25) is 0 Å². The normalized spacial score (nSPS) is 17.3. The van der Waals surface area contributed by atoms with Gasteiger partial charge in [0, 0.05) is 6.07 Å². The molecule has 8 heteroatoms. The number of hydrogen-bond donors (Lipinski definition) is 1. The third-order valence-corrected chi connectivity index (χ3v) is 5.49. The van der Waals surface area contributed by atoms with Gasteiger partial charge in [-0.15, -0.1) is 0 Å². The van der Waals surface area contributed by atoms with Gasteiger partial charge in [-0.3, -0.25) is 25.7 Å². The Morgan fingerprint density at radius 1 is 1.16 bits per heavy atom. The van der Waals surface area contributed by atoms with Gasteiger partial charge in [-0.2, -0.15) is 5.10 Å². The molecule has 0 aromatic heterocycles. The van der Waals surface area contributed by atoms with Gasteiger partial charge in [-0.25, -0.2) is 0 Å². The number of hydrazone groups is 1. The van der Waals surface area contributed by atoms with Crippen LogP contribution in [0.5, 0.6) is 0 Å². The molecule has 8 nitrogen and oxygen atoms in total. The number of hydrogen-bond acceptors (Lipinski definition) is 6. The van der Waals surface area contributed by atoms with Gasteiger partial charge < -0.3 is 0 Å². The van der Waals surface area contributed by atoms with Crippen LogP contribution in [0, 0.1) is 25.6 Å². The number of allylic oxidation sites excluding steroid dienone is 8. The Morgan fingerprint density at radius 3 is 2.50 bits per heavy atom. The minimum absolute atomic E-state index is 0.0850. The lowest BCUT2D eigenvalue weighted by Crippen LogP contribution is -2.19. The molecule has 32 heavy (non-hydrogen) atoms. The van der Waals surface area contributed by atoms with E-state index in [4.69, 9.17) is 0 Å². The molecule has 0 unspecified atom stereocenters. The topological polar surface area (TPSA) is 111 Å². The fraction of sp³-hybridized carbons (Fsp3) is 0.375. The standard InChI is InChI=1S/C24H30N4O4/c1-17(11-13-21-18(2)9-7-15-24(21,4)5)8-6-10-19(3)25-26-22-14-12-20(27(29)30)16-23(22)28(31)32/h6,8,10-14,16,26H,7,9,15H2,1-5H3/b10-6+,13-11+,17-8+,25-19+. The van der Waals surface area contributed by atoms with Crippen molar-refractivity contribution < 1.29 is 9.85 Å². The van der Waals surface area contributed by atoms with E-state index in [0.717, 1.165) is 18.1 Å². The molecule has 0 saturated heterocycles. The SMILES string of the molecule is CC1=C(/C=C/C(C)=C/C=C/C(C)=N/Nc2ccc([N+](=O)[O-])cc2[N+](=O)[O-])C(C)(C)CCC1. The van der Waals surface area contributed by atoms with Crippen molar-refractivity contribution >= 4 is 22.8 Å². The zero-order valence-electron chi connectivity index (χ0n) is 19.2. The summed E-state index contributed by atoms with van der Waals surface area (Å²) in [4.78, 5) is 20.7. The molecule has 0 fully saturated rings. The molecule has 1 aromatic rings. The highest BCUT2D eigenvalue weighted by Gasteiger charge is 2.26. The largest absolute Gasteiger partial charge is 0.301 e. The smallest absolute Gasteiger partial charge is 0.271 e. The van der Waals surface area contributed by atoms with Crippen LogP contribution in [0.1, 0.15) is 53.9 Å². The number of nitro groups is 2. The zero-order chi connectivity index (χ0) is 23.9. The third-order valence-electron chi connectivity index (χ3n) is 5.49. The average molecular weight is 439 g/mol. The molecule has 1 aliphatic rings. The quantitative estimate of drug-likeness (QED) is 0.206. The minimum atomic E-state index is -0.681. The van der Waals surface area contributed by atoms with E-state index in [1.807, 2.05) is 19.1 Å². The van der Waals surface area contributed by atoms with E-state index in [1.165, 1.54) is 36.1 Å². The molecule has 0 amide bonds. The van der Waals surface area contributed by atoms with Gasteiger partial charge in [-0.05, 0) is 63.2 Å². The highest BCUT2D eigenvalue weighted by atomic mass is 16.6. The number of nitrogens with zero attached hydrogens (tertiary/aromatic N) is 3. The summed E-state index contributed by atoms with van der Waals surface area (Å²) in [6.45, 7) is 10.6. The van der Waals surface area contributed by atoms with Gasteiger partial charge in [0.15, 0.2) is 0 Å². The molecule has 0 radical (unpaired) electrons. The highest BCUT2D eigenvalue weighted by molar-refractivity contribution is 5.93. The number of rotatable bonds is 8. The molecule has 2 rings (SSSR count). The molecule has 0 spiro atoms. The summed E-state index contributed by atoms with van der Waals surface area (Å²) in [6.07, 6.45) is 13.5. The van der Waals surface area contributed by atoms with Crippen LogP contribution in [-0.4, -0.2) is 15.6 Å². The number of nitrogens with one attached hydrogen (secondary N) is 1. The number of anilines is 1. The predicted octanol–water partition coefficient (Wildman–Crippen LogP) is 6.88. The van der Waals surface area contributed by atoms with Gasteiger partial charge in [0.05, 0.1) is 21.6 Å². The van der Waals surface area contributed by atoms with E-state index in [9.17, 15) is 20.2 Å². The van der Waals surface area contributed by atoms with E-state index in [-0.39, 0.29) is 16.8 Å². The second-order valence-corrected chi connectivity index (χ2v) is 8.62. The maximum atomic E-state index is 11.2. The van der Waals surface area contributed by atoms with Crippen LogP contribution in [-0.2, 0) is 0 Å². The van der Waals surface area contributed by atoms with E-state index < -0.39 is 15.5 Å². The molecule has 0 atom stereocenters. The van der Waals surface area contributed by atoms with Crippen LogP contribution < -0.4 is 5.43 Å². The van der Waals surface area contributed by atoms with Crippen molar-refractivity contribution in [1.29, 1.82) is 0 Å². The monoisotopic (exact) mass is 438 g/mol. The van der Waals surface area contributed by atoms with Crippen molar-refractivity contribution in [3.8, 4) is 0 Å². The molecule has 1 N–H and O–H groups in total. The Labute approximate surface area is 188 Å². The van der Waals surface area contributed by atoms with Crippen molar-refractivity contribution in [2.45, 2.75) is 53.9 Å². The van der Waals surface area contributed by atoms with Crippen LogP contribution in [0.2, 0.25) is 0 Å². The predicted molar refractivity (Wildman–Crippen MR) is 129 cm³/mol. The van der Waals surface area contributed by atoms with Crippen molar-refractivity contribution in [3.05, 3.63) is 85.5 Å². The van der Waals surface area contributed by atoms with Crippen LogP contribution in [0.15, 0.2) is 70.4 Å². The van der Waals surface area contributed by atoms with Crippen molar-refractivity contribution in [1.82, 2.24) is 0 Å². The summed E-state index contributed by atoms with van der Waals surface area (Å²) in [7, 11) is 0. The molecule has 170 valence electrons. The fourth-order valence-electron chi connectivity index (χ4n) is 3.68. The average Bonchev–Trinajstić information content (AvgIpc) is 2.71. The first-order valence-corrected chi connectivity index (χ1v) is 10.5. The molecule has 1 aromatic carbocycles. The second kappa shape index (κ2) is 10.7. The fourth-order valence-corrected chi connectivity index (χ4v) is 3.68. The zero-order valence-corrected chi connectivity index (χ0v) is 19.2. The first-order valence-electron chi connectivity index (χ1n) is 10.5. The van der Waals surface area contributed by atoms with E-state index in [1.54, 1.807) is 13.0 Å². The second-order valence-electron chi connectivity index (χ2n) is 8.62. The molecule has 0 saturated carbocycles. The van der Waals surface area contributed by atoms with Gasteiger partial charge >= 0.3 is 5.69 Å².